The minimum Gasteiger partial charge on any atom is -0.456 e. The van der Waals surface area contributed by atoms with Crippen LogP contribution in [0.3, 0.4) is 0 Å². The summed E-state index contributed by atoms with van der Waals surface area (Å²) in [4.78, 5) is 15.0. The van der Waals surface area contributed by atoms with Gasteiger partial charge in [-0.2, -0.15) is 0 Å². The molecule has 6 heteroatoms. The van der Waals surface area contributed by atoms with E-state index in [1.54, 1.807) is 0 Å². The predicted molar refractivity (Wildman–Crippen MR) is 281 cm³/mol. The summed E-state index contributed by atoms with van der Waals surface area (Å²) in [6.07, 6.45) is 0. The van der Waals surface area contributed by atoms with Crippen LogP contribution in [0.5, 0.6) is 0 Å². The number of furan rings is 2. The van der Waals surface area contributed by atoms with E-state index in [1.165, 1.54) is 21.9 Å². The standard InChI is InChI=1S/C63H38N4O2/c1-4-16-39(17-5-1)42-31-34-53-51(37-42)47-24-10-12-27-52(47)67(53)54-35-33-49-48-25-11-13-28-55(48)69-60(49)58(54)44-30-32-50-57(38-44)68-56-29-15-26-46(59(50)56)43-22-14-23-45(36-43)63-65-61(40-18-6-2-7-19-40)64-62(66-63)41-20-8-3-9-21-41/h1-38H. The van der Waals surface area contributed by atoms with Crippen molar-refractivity contribution in [3.63, 3.8) is 0 Å². The first-order valence-electron chi connectivity index (χ1n) is 23.2. The van der Waals surface area contributed by atoms with E-state index >= 15 is 0 Å². The fourth-order valence-corrected chi connectivity index (χ4v) is 10.3. The first-order valence-corrected chi connectivity index (χ1v) is 23.2. The minimum atomic E-state index is 0.605. The SMILES string of the molecule is c1ccc(-c2ccc3c(c2)c2ccccc2n3-c2ccc3c(oc4ccccc43)c2-c2ccc3c(c2)oc2cccc(-c4cccc(-c5nc(-c6ccccc6)nc(-c6ccccc6)n5)c4)c23)cc1. The highest BCUT2D eigenvalue weighted by Gasteiger charge is 2.23. The highest BCUT2D eigenvalue weighted by atomic mass is 16.3. The van der Waals surface area contributed by atoms with Crippen LogP contribution in [0.25, 0.3) is 139 Å². The van der Waals surface area contributed by atoms with Gasteiger partial charge in [0.15, 0.2) is 17.5 Å². The number of para-hydroxylation sites is 2. The van der Waals surface area contributed by atoms with Crippen molar-refractivity contribution in [3.8, 4) is 73.2 Å². The maximum atomic E-state index is 6.88. The molecule has 0 unspecified atom stereocenters. The van der Waals surface area contributed by atoms with Crippen LogP contribution in [0, 0.1) is 0 Å². The Morgan fingerprint density at radius 3 is 1.65 bits per heavy atom. The smallest absolute Gasteiger partial charge is 0.164 e. The van der Waals surface area contributed by atoms with Crippen LogP contribution in [0.4, 0.5) is 0 Å². The van der Waals surface area contributed by atoms with E-state index in [1.807, 2.05) is 66.7 Å². The van der Waals surface area contributed by atoms with Crippen LogP contribution in [0.2, 0.25) is 0 Å². The van der Waals surface area contributed by atoms with E-state index in [0.717, 1.165) is 99.5 Å². The molecule has 0 N–H and O–H groups in total. The minimum absolute atomic E-state index is 0.605. The lowest BCUT2D eigenvalue weighted by Gasteiger charge is -2.15. The molecule has 0 aliphatic rings. The van der Waals surface area contributed by atoms with Crippen molar-refractivity contribution < 1.29 is 8.83 Å². The molecule has 0 aliphatic heterocycles. The highest BCUT2D eigenvalue weighted by molar-refractivity contribution is 6.17. The maximum absolute atomic E-state index is 6.88. The number of nitrogens with zero attached hydrogens (tertiary/aromatic N) is 4. The van der Waals surface area contributed by atoms with Crippen LogP contribution in [-0.4, -0.2) is 19.5 Å². The van der Waals surface area contributed by atoms with Crippen LogP contribution < -0.4 is 0 Å². The van der Waals surface area contributed by atoms with Gasteiger partial charge in [0.05, 0.1) is 16.7 Å². The van der Waals surface area contributed by atoms with Gasteiger partial charge in [-0.15, -0.1) is 0 Å². The Kier molecular flexibility index (Phi) is 8.79. The highest BCUT2D eigenvalue weighted by Crippen LogP contribution is 2.45. The topological polar surface area (TPSA) is 69.9 Å². The quantitative estimate of drug-likeness (QED) is 0.159. The monoisotopic (exact) mass is 882 g/mol. The molecule has 14 rings (SSSR count). The summed E-state index contributed by atoms with van der Waals surface area (Å²) < 4.78 is 16.1. The van der Waals surface area contributed by atoms with Gasteiger partial charge in [0.25, 0.3) is 0 Å². The zero-order valence-corrected chi connectivity index (χ0v) is 37.0. The third-order valence-corrected chi connectivity index (χ3v) is 13.5. The van der Waals surface area contributed by atoms with Crippen LogP contribution in [0.15, 0.2) is 239 Å². The van der Waals surface area contributed by atoms with Crippen LogP contribution in [-0.2, 0) is 0 Å². The van der Waals surface area contributed by atoms with Crippen molar-refractivity contribution >= 4 is 65.7 Å². The van der Waals surface area contributed by atoms with Crippen molar-refractivity contribution in [2.75, 3.05) is 0 Å². The first-order chi connectivity index (χ1) is 34.2. The Hall–Kier alpha value is -9.39. The molecule has 10 aromatic carbocycles. The van der Waals surface area contributed by atoms with E-state index in [9.17, 15) is 0 Å². The number of rotatable bonds is 7. The lowest BCUT2D eigenvalue weighted by Crippen LogP contribution is -2.00. The van der Waals surface area contributed by atoms with Gasteiger partial charge in [-0.25, -0.2) is 15.0 Å². The predicted octanol–water partition coefficient (Wildman–Crippen LogP) is 16.8. The second-order valence-corrected chi connectivity index (χ2v) is 17.5. The van der Waals surface area contributed by atoms with Crippen LogP contribution in [0.1, 0.15) is 0 Å². The molecule has 0 radical (unpaired) electrons. The third kappa shape index (κ3) is 6.38. The summed E-state index contributed by atoms with van der Waals surface area (Å²) in [5.74, 6) is 1.86. The van der Waals surface area contributed by atoms with E-state index in [0.29, 0.717) is 17.5 Å². The Bertz CT molecular complexity index is 4250. The van der Waals surface area contributed by atoms with Crippen molar-refractivity contribution in [3.05, 3.63) is 231 Å². The molecule has 4 aromatic heterocycles. The summed E-state index contributed by atoms with van der Waals surface area (Å²) in [5, 5.41) is 6.59. The lowest BCUT2D eigenvalue weighted by atomic mass is 9.96. The van der Waals surface area contributed by atoms with Crippen molar-refractivity contribution in [1.29, 1.82) is 0 Å². The summed E-state index contributed by atoms with van der Waals surface area (Å²) in [6.45, 7) is 0. The Morgan fingerprint density at radius 2 is 0.884 bits per heavy atom. The molecule has 4 heterocycles. The molecule has 0 amide bonds. The van der Waals surface area contributed by atoms with Gasteiger partial charge in [-0.3, -0.25) is 0 Å². The average molecular weight is 883 g/mol. The van der Waals surface area contributed by atoms with E-state index in [4.69, 9.17) is 23.8 Å². The van der Waals surface area contributed by atoms with E-state index in [-0.39, 0.29) is 0 Å². The number of hydrogen-bond acceptors (Lipinski definition) is 5. The van der Waals surface area contributed by atoms with Gasteiger partial charge < -0.3 is 13.4 Å². The first kappa shape index (κ1) is 38.8. The largest absolute Gasteiger partial charge is 0.456 e. The molecular weight excluding hydrogens is 845 g/mol. The second-order valence-electron chi connectivity index (χ2n) is 17.5. The molecule has 322 valence electrons. The normalized spacial score (nSPS) is 11.8. The summed E-state index contributed by atoms with van der Waals surface area (Å²) in [6, 6.07) is 80.4. The molecule has 0 aliphatic carbocycles. The van der Waals surface area contributed by atoms with Gasteiger partial charge >= 0.3 is 0 Å². The number of fused-ring (bicyclic) bond motifs is 9. The molecule has 0 saturated carbocycles. The summed E-state index contributed by atoms with van der Waals surface area (Å²) in [7, 11) is 0. The summed E-state index contributed by atoms with van der Waals surface area (Å²) in [5.41, 5.74) is 15.7. The Morgan fingerprint density at radius 1 is 0.304 bits per heavy atom. The maximum Gasteiger partial charge on any atom is 0.164 e. The Labute approximate surface area is 396 Å². The number of aromatic nitrogens is 4. The van der Waals surface area contributed by atoms with Gasteiger partial charge in [-0.05, 0) is 88.5 Å². The zero-order valence-electron chi connectivity index (χ0n) is 37.0. The number of benzene rings is 10. The molecule has 0 atom stereocenters. The fraction of sp³-hybridized carbons (Fsp3) is 0. The molecule has 0 fully saturated rings. The molecule has 0 saturated heterocycles. The fourth-order valence-electron chi connectivity index (χ4n) is 10.3. The van der Waals surface area contributed by atoms with Gasteiger partial charge in [0.2, 0.25) is 0 Å². The van der Waals surface area contributed by atoms with Crippen molar-refractivity contribution in [2.24, 2.45) is 0 Å². The van der Waals surface area contributed by atoms with Gasteiger partial charge in [-0.1, -0.05) is 170 Å². The zero-order chi connectivity index (χ0) is 45.4. The lowest BCUT2D eigenvalue weighted by molar-refractivity contribution is 0.668. The van der Waals surface area contributed by atoms with E-state index < -0.39 is 0 Å². The molecule has 0 spiro atoms. The second kappa shape index (κ2) is 15.6. The summed E-state index contributed by atoms with van der Waals surface area (Å²) >= 11 is 0. The van der Waals surface area contributed by atoms with Crippen molar-refractivity contribution in [1.82, 2.24) is 19.5 Å². The van der Waals surface area contributed by atoms with Crippen molar-refractivity contribution in [2.45, 2.75) is 0 Å². The third-order valence-electron chi connectivity index (χ3n) is 13.5. The molecule has 6 nitrogen and oxygen atoms in total. The van der Waals surface area contributed by atoms with Gasteiger partial charge in [0, 0.05) is 54.6 Å². The molecule has 69 heavy (non-hydrogen) atoms. The molecular formula is C63H38N4O2. The van der Waals surface area contributed by atoms with Crippen LogP contribution >= 0.6 is 0 Å². The Balaban J connectivity index is 0.939. The molecule has 0 bridgehead atoms. The number of hydrogen-bond donors (Lipinski definition) is 0. The molecule has 14 aromatic rings. The van der Waals surface area contributed by atoms with Gasteiger partial charge in [0.1, 0.15) is 22.3 Å². The average Bonchev–Trinajstić information content (AvgIpc) is 4.10. The van der Waals surface area contributed by atoms with E-state index in [2.05, 4.69) is 168 Å².